The van der Waals surface area contributed by atoms with Crippen LogP contribution in [0.3, 0.4) is 0 Å². The number of benzene rings is 2. The number of hydrogen-bond donors (Lipinski definition) is 0. The third-order valence-electron chi connectivity index (χ3n) is 4.68. The summed E-state index contributed by atoms with van der Waals surface area (Å²) in [4.78, 5) is 12.9. The van der Waals surface area contributed by atoms with E-state index in [2.05, 4.69) is 31.2 Å². The molecule has 3 rings (SSSR count). The van der Waals surface area contributed by atoms with Crippen molar-refractivity contribution >= 4 is 5.78 Å². The number of carbonyl (C=O) groups excluding carboxylic acids is 1. The highest BCUT2D eigenvalue weighted by molar-refractivity contribution is 5.92. The third kappa shape index (κ3) is 2.18. The summed E-state index contributed by atoms with van der Waals surface area (Å²) in [7, 11) is 0. The Morgan fingerprint density at radius 1 is 1.00 bits per heavy atom. The highest BCUT2D eigenvalue weighted by Crippen LogP contribution is 2.45. The van der Waals surface area contributed by atoms with Gasteiger partial charge in [0, 0.05) is 6.42 Å². The molecule has 0 saturated heterocycles. The molecule has 1 heteroatoms. The van der Waals surface area contributed by atoms with Gasteiger partial charge in [-0.05, 0) is 36.5 Å². The van der Waals surface area contributed by atoms with Gasteiger partial charge in [-0.25, -0.2) is 0 Å². The molecule has 20 heavy (non-hydrogen) atoms. The number of Topliss-reactive ketones (excluding diaryl/α,β-unsaturated/α-hetero) is 1. The first-order chi connectivity index (χ1) is 9.72. The molecule has 1 saturated carbocycles. The highest BCUT2D eigenvalue weighted by atomic mass is 16.1. The van der Waals surface area contributed by atoms with Crippen molar-refractivity contribution in [1.29, 1.82) is 0 Å². The first-order valence-electron chi connectivity index (χ1n) is 7.36. The van der Waals surface area contributed by atoms with Crippen LogP contribution in [0.4, 0.5) is 0 Å². The summed E-state index contributed by atoms with van der Waals surface area (Å²) in [6.45, 7) is 2.08. The van der Waals surface area contributed by atoms with Crippen LogP contribution in [0, 0.1) is 6.92 Å². The number of ketones is 1. The minimum atomic E-state index is -0.219. The minimum absolute atomic E-state index is 0.219. The monoisotopic (exact) mass is 264 g/mol. The van der Waals surface area contributed by atoms with Crippen LogP contribution >= 0.6 is 0 Å². The Balaban J connectivity index is 1.87. The van der Waals surface area contributed by atoms with Crippen LogP contribution in [0.1, 0.15) is 36.0 Å². The predicted molar refractivity (Wildman–Crippen MR) is 81.9 cm³/mol. The zero-order valence-electron chi connectivity index (χ0n) is 11.9. The third-order valence-corrected chi connectivity index (χ3v) is 4.68. The molecule has 0 N–H and O–H groups in total. The Morgan fingerprint density at radius 2 is 1.65 bits per heavy atom. The summed E-state index contributed by atoms with van der Waals surface area (Å²) < 4.78 is 0. The number of carbonyl (C=O) groups is 1. The number of hydrogen-bond acceptors (Lipinski definition) is 1. The summed E-state index contributed by atoms with van der Waals surface area (Å²) in [5.41, 5.74) is 3.36. The highest BCUT2D eigenvalue weighted by Gasteiger charge is 2.44. The van der Waals surface area contributed by atoms with E-state index in [1.165, 1.54) is 16.7 Å². The molecule has 0 heterocycles. The van der Waals surface area contributed by atoms with Gasteiger partial charge in [0.2, 0.25) is 0 Å². The van der Waals surface area contributed by atoms with Crippen LogP contribution in [-0.2, 0) is 16.6 Å². The van der Waals surface area contributed by atoms with Crippen molar-refractivity contribution in [3.8, 4) is 0 Å². The van der Waals surface area contributed by atoms with Crippen molar-refractivity contribution in [3.63, 3.8) is 0 Å². The molecule has 0 radical (unpaired) electrons. The van der Waals surface area contributed by atoms with Gasteiger partial charge in [0.25, 0.3) is 0 Å². The molecule has 1 fully saturated rings. The van der Waals surface area contributed by atoms with Crippen LogP contribution < -0.4 is 0 Å². The van der Waals surface area contributed by atoms with Crippen molar-refractivity contribution in [1.82, 2.24) is 0 Å². The lowest BCUT2D eigenvalue weighted by Crippen LogP contribution is -2.43. The summed E-state index contributed by atoms with van der Waals surface area (Å²) in [5, 5.41) is 0. The standard InChI is InChI=1S/C19H20O/c1-15-8-5-6-9-16(15)14-18(20)19(12-7-13-19)17-10-3-2-4-11-17/h2-6,8-11H,7,12-14H2,1H3. The summed E-state index contributed by atoms with van der Waals surface area (Å²) in [6.07, 6.45) is 3.72. The largest absolute Gasteiger partial charge is 0.298 e. The molecule has 102 valence electrons. The molecule has 0 unspecified atom stereocenters. The van der Waals surface area contributed by atoms with Crippen molar-refractivity contribution in [3.05, 3.63) is 71.3 Å². The number of aryl methyl sites for hydroxylation is 1. The first kappa shape index (κ1) is 13.1. The summed E-state index contributed by atoms with van der Waals surface area (Å²) >= 11 is 0. The van der Waals surface area contributed by atoms with Crippen LogP contribution in [0.25, 0.3) is 0 Å². The quantitative estimate of drug-likeness (QED) is 0.807. The first-order valence-corrected chi connectivity index (χ1v) is 7.36. The van der Waals surface area contributed by atoms with E-state index in [4.69, 9.17) is 0 Å². The Hall–Kier alpha value is -1.89. The molecule has 0 atom stereocenters. The molecule has 0 aromatic heterocycles. The second-order valence-corrected chi connectivity index (χ2v) is 5.83. The smallest absolute Gasteiger partial charge is 0.147 e. The molecular formula is C19H20O. The predicted octanol–water partition coefficient (Wildman–Crippen LogP) is 4.23. The lowest BCUT2D eigenvalue weighted by molar-refractivity contribution is -0.127. The van der Waals surface area contributed by atoms with E-state index in [0.717, 1.165) is 19.3 Å². The van der Waals surface area contributed by atoms with E-state index in [-0.39, 0.29) is 5.41 Å². The fourth-order valence-electron chi connectivity index (χ4n) is 3.17. The summed E-state index contributed by atoms with van der Waals surface area (Å²) in [5.74, 6) is 0.379. The second kappa shape index (κ2) is 5.24. The van der Waals surface area contributed by atoms with Crippen molar-refractivity contribution < 1.29 is 4.79 Å². The van der Waals surface area contributed by atoms with Crippen molar-refractivity contribution in [2.45, 2.75) is 38.0 Å². The molecule has 2 aromatic carbocycles. The molecule has 1 aliphatic rings. The van der Waals surface area contributed by atoms with Crippen LogP contribution in [0.2, 0.25) is 0 Å². The van der Waals surface area contributed by atoms with E-state index in [9.17, 15) is 4.79 Å². The van der Waals surface area contributed by atoms with Gasteiger partial charge in [0.1, 0.15) is 5.78 Å². The molecule has 0 amide bonds. The van der Waals surface area contributed by atoms with Gasteiger partial charge in [-0.3, -0.25) is 4.79 Å². The average Bonchev–Trinajstić information content (AvgIpc) is 2.41. The molecule has 0 aliphatic heterocycles. The molecule has 1 nitrogen and oxygen atoms in total. The van der Waals surface area contributed by atoms with E-state index in [0.29, 0.717) is 12.2 Å². The van der Waals surface area contributed by atoms with Crippen LogP contribution in [-0.4, -0.2) is 5.78 Å². The maximum Gasteiger partial charge on any atom is 0.147 e. The zero-order valence-corrected chi connectivity index (χ0v) is 11.9. The lowest BCUT2D eigenvalue weighted by atomic mass is 9.61. The number of rotatable bonds is 4. The van der Waals surface area contributed by atoms with E-state index in [1.54, 1.807) is 0 Å². The Labute approximate surface area is 120 Å². The van der Waals surface area contributed by atoms with Gasteiger partial charge in [0.15, 0.2) is 0 Å². The van der Waals surface area contributed by atoms with Crippen molar-refractivity contribution in [2.24, 2.45) is 0 Å². The molecule has 0 bridgehead atoms. The maximum atomic E-state index is 12.9. The van der Waals surface area contributed by atoms with E-state index in [1.807, 2.05) is 30.3 Å². The molecule has 1 aliphatic carbocycles. The minimum Gasteiger partial charge on any atom is -0.298 e. The SMILES string of the molecule is Cc1ccccc1CC(=O)C1(c2ccccc2)CCC1. The van der Waals surface area contributed by atoms with Gasteiger partial charge >= 0.3 is 0 Å². The maximum absolute atomic E-state index is 12.9. The topological polar surface area (TPSA) is 17.1 Å². The van der Waals surface area contributed by atoms with Gasteiger partial charge < -0.3 is 0 Å². The average molecular weight is 264 g/mol. The molecule has 0 spiro atoms. The fourth-order valence-corrected chi connectivity index (χ4v) is 3.17. The zero-order chi connectivity index (χ0) is 14.0. The Kier molecular flexibility index (Phi) is 3.43. The fraction of sp³-hybridized carbons (Fsp3) is 0.316. The van der Waals surface area contributed by atoms with Crippen LogP contribution in [0.15, 0.2) is 54.6 Å². The van der Waals surface area contributed by atoms with Crippen molar-refractivity contribution in [2.75, 3.05) is 0 Å². The van der Waals surface area contributed by atoms with E-state index < -0.39 is 0 Å². The Morgan fingerprint density at radius 3 is 2.25 bits per heavy atom. The van der Waals surface area contributed by atoms with Crippen LogP contribution in [0.5, 0.6) is 0 Å². The normalized spacial score (nSPS) is 16.4. The lowest BCUT2D eigenvalue weighted by Gasteiger charge is -2.41. The molecular weight excluding hydrogens is 244 g/mol. The Bertz CT molecular complexity index is 609. The van der Waals surface area contributed by atoms with E-state index >= 15 is 0 Å². The molecule has 2 aromatic rings. The second-order valence-electron chi connectivity index (χ2n) is 5.83. The van der Waals surface area contributed by atoms with Gasteiger partial charge in [0.05, 0.1) is 5.41 Å². The van der Waals surface area contributed by atoms with Gasteiger partial charge in [-0.2, -0.15) is 0 Å². The summed E-state index contributed by atoms with van der Waals surface area (Å²) in [6, 6.07) is 18.5. The van der Waals surface area contributed by atoms with Gasteiger partial charge in [-0.15, -0.1) is 0 Å². The van der Waals surface area contributed by atoms with Gasteiger partial charge in [-0.1, -0.05) is 61.0 Å².